The third kappa shape index (κ3) is 3.86. The normalized spacial score (nSPS) is 10.7. The van der Waals surface area contributed by atoms with Crippen LogP contribution in [0, 0.1) is 20.8 Å². The molecular weight excluding hydrogens is 234 g/mol. The van der Waals surface area contributed by atoms with E-state index in [-0.39, 0.29) is 0 Å². The number of benzene rings is 1. The largest absolute Gasteiger partial charge is 0.314 e. The maximum absolute atomic E-state index is 4.60. The zero-order valence-electron chi connectivity index (χ0n) is 12.1. The highest BCUT2D eigenvalue weighted by Gasteiger charge is 2.04. The fourth-order valence-electron chi connectivity index (χ4n) is 2.40. The second kappa shape index (κ2) is 5.93. The molecule has 0 bridgehead atoms. The minimum absolute atomic E-state index is 0.781. The fourth-order valence-corrected chi connectivity index (χ4v) is 2.40. The van der Waals surface area contributed by atoms with Crippen LogP contribution in [0.2, 0.25) is 0 Å². The molecule has 2 aromatic rings. The van der Waals surface area contributed by atoms with Gasteiger partial charge in [0.25, 0.3) is 0 Å². The lowest BCUT2D eigenvalue weighted by Crippen LogP contribution is -2.10. The van der Waals surface area contributed by atoms with Gasteiger partial charge < -0.3 is 5.32 Å². The highest BCUT2D eigenvalue weighted by atomic mass is 14.9. The Morgan fingerprint density at radius 3 is 2.26 bits per heavy atom. The van der Waals surface area contributed by atoms with Gasteiger partial charge in [-0.25, -0.2) is 9.97 Å². The van der Waals surface area contributed by atoms with E-state index in [1.54, 1.807) is 0 Å². The van der Waals surface area contributed by atoms with Gasteiger partial charge in [0.1, 0.15) is 5.82 Å². The molecule has 100 valence electrons. The summed E-state index contributed by atoms with van der Waals surface area (Å²) in [5.41, 5.74) is 5.93. The standard InChI is InChI=1S/C16H21N3/c1-11-5-12(2)7-14(6-11)9-16-18-13(3)8-15(19-16)10-17-4/h5-8,17H,9-10H2,1-4H3. The number of rotatable bonds is 4. The van der Waals surface area contributed by atoms with Crippen molar-refractivity contribution in [1.29, 1.82) is 0 Å². The van der Waals surface area contributed by atoms with E-state index in [0.29, 0.717) is 0 Å². The van der Waals surface area contributed by atoms with Crippen LogP contribution >= 0.6 is 0 Å². The smallest absolute Gasteiger partial charge is 0.133 e. The molecule has 0 aliphatic rings. The Morgan fingerprint density at radius 2 is 1.63 bits per heavy atom. The van der Waals surface area contributed by atoms with Gasteiger partial charge >= 0.3 is 0 Å². The second-order valence-corrected chi connectivity index (χ2v) is 5.12. The number of nitrogens with one attached hydrogen (secondary N) is 1. The van der Waals surface area contributed by atoms with Crippen LogP contribution in [0.5, 0.6) is 0 Å². The molecule has 1 N–H and O–H groups in total. The van der Waals surface area contributed by atoms with Gasteiger partial charge in [0.2, 0.25) is 0 Å². The lowest BCUT2D eigenvalue weighted by molar-refractivity contribution is 0.767. The van der Waals surface area contributed by atoms with Crippen molar-refractivity contribution in [2.75, 3.05) is 7.05 Å². The van der Waals surface area contributed by atoms with Crippen LogP contribution in [0.3, 0.4) is 0 Å². The number of aryl methyl sites for hydroxylation is 3. The molecule has 3 nitrogen and oxygen atoms in total. The fraction of sp³-hybridized carbons (Fsp3) is 0.375. The van der Waals surface area contributed by atoms with Crippen molar-refractivity contribution < 1.29 is 0 Å². The van der Waals surface area contributed by atoms with E-state index < -0.39 is 0 Å². The van der Waals surface area contributed by atoms with Crippen molar-refractivity contribution in [2.45, 2.75) is 33.7 Å². The van der Waals surface area contributed by atoms with E-state index >= 15 is 0 Å². The van der Waals surface area contributed by atoms with E-state index in [9.17, 15) is 0 Å². The zero-order chi connectivity index (χ0) is 13.8. The molecule has 0 amide bonds. The minimum atomic E-state index is 0.781. The van der Waals surface area contributed by atoms with Crippen LogP contribution in [-0.2, 0) is 13.0 Å². The van der Waals surface area contributed by atoms with E-state index in [2.05, 4.69) is 47.3 Å². The van der Waals surface area contributed by atoms with Crippen molar-refractivity contribution in [3.05, 3.63) is 58.2 Å². The van der Waals surface area contributed by atoms with Gasteiger partial charge in [0.05, 0.1) is 5.69 Å². The van der Waals surface area contributed by atoms with Gasteiger partial charge in [-0.1, -0.05) is 29.3 Å². The van der Waals surface area contributed by atoms with E-state index in [4.69, 9.17) is 0 Å². The van der Waals surface area contributed by atoms with Gasteiger partial charge in [-0.2, -0.15) is 0 Å². The molecule has 0 aliphatic heterocycles. The Labute approximate surface area is 115 Å². The first kappa shape index (κ1) is 13.7. The summed E-state index contributed by atoms with van der Waals surface area (Å²) < 4.78 is 0. The molecule has 0 aliphatic carbocycles. The average molecular weight is 255 g/mol. The molecule has 0 atom stereocenters. The van der Waals surface area contributed by atoms with Crippen molar-refractivity contribution in [2.24, 2.45) is 0 Å². The summed E-state index contributed by atoms with van der Waals surface area (Å²) in [7, 11) is 1.93. The molecule has 2 rings (SSSR count). The molecule has 0 saturated heterocycles. The third-order valence-corrected chi connectivity index (χ3v) is 2.96. The summed E-state index contributed by atoms with van der Waals surface area (Å²) in [6.45, 7) is 7.05. The quantitative estimate of drug-likeness (QED) is 0.913. The van der Waals surface area contributed by atoms with Crippen LogP contribution < -0.4 is 5.32 Å². The Morgan fingerprint density at radius 1 is 0.947 bits per heavy atom. The molecule has 1 aromatic carbocycles. The van der Waals surface area contributed by atoms with Crippen molar-refractivity contribution in [3.63, 3.8) is 0 Å². The molecular formula is C16H21N3. The predicted octanol–water partition coefficient (Wildman–Crippen LogP) is 2.71. The average Bonchev–Trinajstić information content (AvgIpc) is 2.26. The van der Waals surface area contributed by atoms with Gasteiger partial charge in [0.15, 0.2) is 0 Å². The second-order valence-electron chi connectivity index (χ2n) is 5.12. The minimum Gasteiger partial charge on any atom is -0.314 e. The lowest BCUT2D eigenvalue weighted by Gasteiger charge is -2.07. The molecule has 0 unspecified atom stereocenters. The molecule has 3 heteroatoms. The molecule has 0 fully saturated rings. The third-order valence-electron chi connectivity index (χ3n) is 2.96. The Bertz CT molecular complexity index is 556. The maximum atomic E-state index is 4.60. The summed E-state index contributed by atoms with van der Waals surface area (Å²) in [4.78, 5) is 9.14. The summed E-state index contributed by atoms with van der Waals surface area (Å²) in [5.74, 6) is 0.898. The Hall–Kier alpha value is -1.74. The van der Waals surface area contributed by atoms with Crippen molar-refractivity contribution in [1.82, 2.24) is 15.3 Å². The summed E-state index contributed by atoms with van der Waals surface area (Å²) in [5, 5.41) is 3.13. The van der Waals surface area contributed by atoms with Crippen molar-refractivity contribution in [3.8, 4) is 0 Å². The first-order valence-electron chi connectivity index (χ1n) is 6.62. The molecule has 0 saturated carbocycles. The number of hydrogen-bond acceptors (Lipinski definition) is 3. The zero-order valence-corrected chi connectivity index (χ0v) is 12.1. The van der Waals surface area contributed by atoms with E-state index in [1.807, 2.05) is 20.0 Å². The summed E-state index contributed by atoms with van der Waals surface area (Å²) >= 11 is 0. The van der Waals surface area contributed by atoms with Crippen LogP contribution in [0.4, 0.5) is 0 Å². The molecule has 1 aromatic heterocycles. The first-order chi connectivity index (χ1) is 9.06. The van der Waals surface area contributed by atoms with Crippen LogP contribution in [0.25, 0.3) is 0 Å². The number of aromatic nitrogens is 2. The number of hydrogen-bond donors (Lipinski definition) is 1. The Kier molecular flexibility index (Phi) is 4.27. The van der Waals surface area contributed by atoms with Gasteiger partial charge in [-0.05, 0) is 39.4 Å². The van der Waals surface area contributed by atoms with E-state index in [0.717, 1.165) is 30.2 Å². The molecule has 0 radical (unpaired) electrons. The van der Waals surface area contributed by atoms with Gasteiger partial charge in [-0.3, -0.25) is 0 Å². The predicted molar refractivity (Wildman–Crippen MR) is 78.3 cm³/mol. The van der Waals surface area contributed by atoms with Gasteiger partial charge in [0, 0.05) is 18.7 Å². The first-order valence-corrected chi connectivity index (χ1v) is 6.62. The molecule has 0 spiro atoms. The van der Waals surface area contributed by atoms with Crippen LogP contribution in [0.1, 0.15) is 33.9 Å². The highest BCUT2D eigenvalue weighted by molar-refractivity contribution is 5.30. The monoisotopic (exact) mass is 255 g/mol. The topological polar surface area (TPSA) is 37.8 Å². The summed E-state index contributed by atoms with van der Waals surface area (Å²) in [6.07, 6.45) is 0.793. The Balaban J connectivity index is 2.27. The van der Waals surface area contributed by atoms with E-state index in [1.165, 1.54) is 16.7 Å². The summed E-state index contributed by atoms with van der Waals surface area (Å²) in [6, 6.07) is 8.63. The van der Waals surface area contributed by atoms with Gasteiger partial charge in [-0.15, -0.1) is 0 Å². The molecule has 19 heavy (non-hydrogen) atoms. The van der Waals surface area contributed by atoms with Crippen molar-refractivity contribution >= 4 is 0 Å². The van der Waals surface area contributed by atoms with Crippen LogP contribution in [-0.4, -0.2) is 17.0 Å². The van der Waals surface area contributed by atoms with Crippen LogP contribution in [0.15, 0.2) is 24.3 Å². The maximum Gasteiger partial charge on any atom is 0.133 e. The number of nitrogens with zero attached hydrogens (tertiary/aromatic N) is 2. The molecule has 1 heterocycles. The highest BCUT2D eigenvalue weighted by Crippen LogP contribution is 2.12. The lowest BCUT2D eigenvalue weighted by atomic mass is 10.0. The SMILES string of the molecule is CNCc1cc(C)nc(Cc2cc(C)cc(C)c2)n1.